The minimum Gasteiger partial charge on any atom is -0.407 e. The summed E-state index contributed by atoms with van der Waals surface area (Å²) in [5.74, 6) is -3.63. The molecule has 3 aromatic rings. The van der Waals surface area contributed by atoms with Crippen LogP contribution in [0.4, 0.5) is 20.3 Å². The van der Waals surface area contributed by atoms with Gasteiger partial charge < -0.3 is 20.7 Å². The van der Waals surface area contributed by atoms with Crippen molar-refractivity contribution in [3.63, 3.8) is 0 Å². The number of rotatable bonds is 4. The lowest BCUT2D eigenvalue weighted by molar-refractivity contribution is -0.117. The minimum atomic E-state index is -2.85. The van der Waals surface area contributed by atoms with Crippen molar-refractivity contribution >= 4 is 35.0 Å². The van der Waals surface area contributed by atoms with Crippen molar-refractivity contribution < 1.29 is 18.3 Å². The highest BCUT2D eigenvalue weighted by Gasteiger charge is 2.36. The summed E-state index contributed by atoms with van der Waals surface area (Å²) >= 11 is 0. The molecule has 1 unspecified atom stereocenters. The average molecular weight is 518 g/mol. The molecule has 1 saturated heterocycles. The Morgan fingerprint density at radius 2 is 1.89 bits per heavy atom. The van der Waals surface area contributed by atoms with Gasteiger partial charge in [0.15, 0.2) is 0 Å². The van der Waals surface area contributed by atoms with Gasteiger partial charge in [-0.25, -0.2) is 18.8 Å². The number of aromatic nitrogens is 1. The van der Waals surface area contributed by atoms with Gasteiger partial charge in [-0.2, -0.15) is 4.99 Å². The lowest BCUT2D eigenvalue weighted by Gasteiger charge is -2.34. The third-order valence-corrected chi connectivity index (χ3v) is 6.15. The van der Waals surface area contributed by atoms with Gasteiger partial charge in [0, 0.05) is 30.3 Å². The van der Waals surface area contributed by atoms with E-state index >= 15 is 0 Å². The zero-order chi connectivity index (χ0) is 26.7. The number of hydrogen-bond donors (Lipinski definition) is 3. The predicted molar refractivity (Wildman–Crippen MR) is 141 cm³/mol. The second-order valence-corrected chi connectivity index (χ2v) is 8.91. The number of carbonyl (C=O) groups is 1. The Balaban J connectivity index is 1.42. The van der Waals surface area contributed by atoms with Crippen LogP contribution in [-0.2, 0) is 9.53 Å². The first-order valence-electron chi connectivity index (χ1n) is 12.0. The minimum absolute atomic E-state index is 0.176. The second kappa shape index (κ2) is 10.4. The molecule has 2 aliphatic heterocycles. The summed E-state index contributed by atoms with van der Waals surface area (Å²) in [6, 6.07) is 19.2. The summed E-state index contributed by atoms with van der Waals surface area (Å²) in [7, 11) is 0. The number of hydrogen-bond acceptors (Lipinski definition) is 7. The predicted octanol–water partition coefficient (Wildman–Crippen LogP) is 3.79. The van der Waals surface area contributed by atoms with Crippen LogP contribution in [-0.4, -0.2) is 53.7 Å². The van der Waals surface area contributed by atoms with Crippen LogP contribution in [0.15, 0.2) is 82.9 Å². The maximum atomic E-state index is 14.0. The van der Waals surface area contributed by atoms with E-state index in [0.29, 0.717) is 24.4 Å². The highest BCUT2D eigenvalue weighted by atomic mass is 19.3. The van der Waals surface area contributed by atoms with Crippen LogP contribution >= 0.6 is 0 Å². The van der Waals surface area contributed by atoms with Gasteiger partial charge in [0.05, 0.1) is 23.5 Å². The Morgan fingerprint density at radius 1 is 1.13 bits per heavy atom. The number of nitrogens with zero attached hydrogens (tertiary/aromatic N) is 4. The fraction of sp³-hybridized carbons (Fsp3) is 0.222. The van der Waals surface area contributed by atoms with E-state index in [9.17, 15) is 13.6 Å². The molecule has 0 saturated carbocycles. The van der Waals surface area contributed by atoms with Gasteiger partial charge in [-0.3, -0.25) is 10.2 Å². The summed E-state index contributed by atoms with van der Waals surface area (Å²) in [5.41, 5.74) is 8.78. The first-order chi connectivity index (χ1) is 18.3. The van der Waals surface area contributed by atoms with Crippen LogP contribution in [0.25, 0.3) is 0 Å². The number of nitrogens with two attached hydrogens (primary N) is 1. The zero-order valence-corrected chi connectivity index (χ0v) is 20.3. The molecule has 38 heavy (non-hydrogen) atoms. The van der Waals surface area contributed by atoms with Crippen molar-refractivity contribution in [2.45, 2.75) is 24.9 Å². The van der Waals surface area contributed by atoms with Crippen molar-refractivity contribution in [3.05, 3.63) is 89.6 Å². The standard InChI is InChI=1S/C27H25F2N7O2/c28-27(29)13-7-15-36(16-27)24-19(11-6-14-32-24)22(30)38-26(31)35-23-25(37)33-20-12-5-4-10-18(20)21(34-23)17-8-2-1-3-9-17/h1-6,8-12,14,23,30H,7,13,15-16H2,(H2,31,35)(H,33,37). The van der Waals surface area contributed by atoms with Crippen LogP contribution in [0.5, 0.6) is 0 Å². The Labute approximate surface area is 217 Å². The van der Waals surface area contributed by atoms with Gasteiger partial charge >= 0.3 is 0 Å². The van der Waals surface area contributed by atoms with E-state index in [0.717, 1.165) is 11.1 Å². The Bertz CT molecular complexity index is 1430. The number of amides is 1. The summed E-state index contributed by atoms with van der Waals surface area (Å²) in [4.78, 5) is 27.3. The molecule has 2 aliphatic rings. The van der Waals surface area contributed by atoms with E-state index < -0.39 is 36.5 Å². The number of amidine groups is 1. The second-order valence-electron chi connectivity index (χ2n) is 8.91. The van der Waals surface area contributed by atoms with Gasteiger partial charge in [-0.1, -0.05) is 48.5 Å². The highest BCUT2D eigenvalue weighted by molar-refractivity contribution is 6.19. The zero-order valence-electron chi connectivity index (χ0n) is 20.3. The van der Waals surface area contributed by atoms with Gasteiger partial charge in [-0.05, 0) is 24.6 Å². The number of fused-ring (bicyclic) bond motifs is 1. The van der Waals surface area contributed by atoms with Crippen molar-refractivity contribution in [2.24, 2.45) is 15.7 Å². The number of carbonyl (C=O) groups excluding carboxylic acids is 1. The number of anilines is 2. The molecule has 5 rings (SSSR count). The van der Waals surface area contributed by atoms with E-state index in [1.807, 2.05) is 42.5 Å². The maximum absolute atomic E-state index is 14.0. The van der Waals surface area contributed by atoms with E-state index in [1.165, 1.54) is 17.2 Å². The van der Waals surface area contributed by atoms with Crippen molar-refractivity contribution in [1.29, 1.82) is 5.41 Å². The molecule has 1 aromatic heterocycles. The van der Waals surface area contributed by atoms with Crippen molar-refractivity contribution in [1.82, 2.24) is 4.98 Å². The maximum Gasteiger partial charge on any atom is 0.291 e. The molecule has 0 aliphatic carbocycles. The molecule has 0 spiro atoms. The van der Waals surface area contributed by atoms with E-state index in [1.54, 1.807) is 18.2 Å². The molecule has 1 fully saturated rings. The number of nitrogens with one attached hydrogen (secondary N) is 2. The van der Waals surface area contributed by atoms with Crippen LogP contribution < -0.4 is 16.0 Å². The van der Waals surface area contributed by atoms with Crippen LogP contribution in [0.2, 0.25) is 0 Å². The third-order valence-electron chi connectivity index (χ3n) is 6.15. The Morgan fingerprint density at radius 3 is 2.68 bits per heavy atom. The number of para-hydroxylation sites is 1. The van der Waals surface area contributed by atoms with Crippen molar-refractivity contribution in [3.8, 4) is 0 Å². The smallest absolute Gasteiger partial charge is 0.291 e. The molecule has 3 heterocycles. The van der Waals surface area contributed by atoms with Gasteiger partial charge in [0.2, 0.25) is 12.1 Å². The van der Waals surface area contributed by atoms with E-state index in [-0.39, 0.29) is 17.8 Å². The molecule has 1 atom stereocenters. The monoisotopic (exact) mass is 517 g/mol. The molecular weight excluding hydrogens is 492 g/mol. The van der Waals surface area contributed by atoms with E-state index in [2.05, 4.69) is 20.3 Å². The van der Waals surface area contributed by atoms with Crippen LogP contribution in [0.3, 0.4) is 0 Å². The lowest BCUT2D eigenvalue weighted by Crippen LogP contribution is -2.43. The number of benzodiazepines with no additional fused rings is 1. The molecule has 4 N–H and O–H groups in total. The number of ether oxygens (including phenoxy) is 1. The summed E-state index contributed by atoms with van der Waals surface area (Å²) in [5, 5.41) is 11.2. The number of pyridine rings is 1. The molecule has 194 valence electrons. The van der Waals surface area contributed by atoms with Gasteiger partial charge in [0.25, 0.3) is 17.9 Å². The quantitative estimate of drug-likeness (QED) is 0.358. The molecular formula is C27H25F2N7O2. The average Bonchev–Trinajstić information content (AvgIpc) is 3.04. The fourth-order valence-electron chi connectivity index (χ4n) is 4.44. The number of aliphatic imine (C=N–C) groups is 2. The first-order valence-corrected chi connectivity index (χ1v) is 12.0. The summed E-state index contributed by atoms with van der Waals surface area (Å²) in [6.45, 7) is -0.135. The first kappa shape index (κ1) is 25.0. The van der Waals surface area contributed by atoms with Crippen LogP contribution in [0.1, 0.15) is 29.5 Å². The highest BCUT2D eigenvalue weighted by Crippen LogP contribution is 2.31. The number of benzene rings is 2. The SMILES string of the molecule is N=C(O/C(N)=N/C1N=C(c2ccccc2)c2ccccc2NC1=O)c1cccnc1N1CCCC(F)(F)C1. The number of piperidine rings is 1. The number of halogens is 2. The molecule has 11 heteroatoms. The van der Waals surface area contributed by atoms with Gasteiger partial charge in [0.1, 0.15) is 5.82 Å². The van der Waals surface area contributed by atoms with E-state index in [4.69, 9.17) is 15.9 Å². The Hall–Kier alpha value is -4.67. The fourth-order valence-corrected chi connectivity index (χ4v) is 4.44. The molecule has 0 radical (unpaired) electrons. The van der Waals surface area contributed by atoms with Crippen molar-refractivity contribution in [2.75, 3.05) is 23.3 Å². The Kier molecular flexibility index (Phi) is 6.82. The molecule has 2 aromatic carbocycles. The normalized spacial score (nSPS) is 19.1. The summed E-state index contributed by atoms with van der Waals surface area (Å²) in [6.07, 6.45) is 0.267. The largest absolute Gasteiger partial charge is 0.407 e. The molecule has 1 amide bonds. The third kappa shape index (κ3) is 5.36. The molecule has 9 nitrogen and oxygen atoms in total. The number of alkyl halides is 2. The van der Waals surface area contributed by atoms with Gasteiger partial charge in [-0.15, -0.1) is 0 Å². The summed E-state index contributed by atoms with van der Waals surface area (Å²) < 4.78 is 33.5. The molecule has 0 bridgehead atoms. The lowest BCUT2D eigenvalue weighted by atomic mass is 10.0. The van der Waals surface area contributed by atoms with Crippen LogP contribution in [0, 0.1) is 5.41 Å². The topological polar surface area (TPSA) is 129 Å².